The van der Waals surface area contributed by atoms with Crippen LogP contribution in [-0.2, 0) is 0 Å². The minimum atomic E-state index is 0.335. The molecule has 92 valence electrons. The minimum Gasteiger partial charge on any atom is -0.497 e. The summed E-state index contributed by atoms with van der Waals surface area (Å²) in [6.07, 6.45) is 2.22. The van der Waals surface area contributed by atoms with Crippen molar-refractivity contribution in [1.82, 2.24) is 9.97 Å². The first-order valence-corrected chi connectivity index (χ1v) is 5.28. The Labute approximate surface area is 104 Å². The lowest BCUT2D eigenvalue weighted by Crippen LogP contribution is -1.95. The molecule has 1 aromatic heterocycles. The van der Waals surface area contributed by atoms with Gasteiger partial charge >= 0.3 is 0 Å². The third-order valence-corrected chi connectivity index (χ3v) is 2.41. The molecule has 5 heteroatoms. The van der Waals surface area contributed by atoms with E-state index < -0.39 is 0 Å². The van der Waals surface area contributed by atoms with E-state index in [1.165, 1.54) is 6.20 Å². The maximum Gasteiger partial charge on any atom is 0.168 e. The molecule has 0 aliphatic heterocycles. The van der Waals surface area contributed by atoms with Crippen LogP contribution in [0.1, 0.15) is 10.5 Å². The highest BCUT2D eigenvalue weighted by Gasteiger charge is 2.07. The number of aromatic nitrogens is 2. The van der Waals surface area contributed by atoms with E-state index in [2.05, 4.69) is 9.97 Å². The van der Waals surface area contributed by atoms with Crippen LogP contribution in [0.25, 0.3) is 11.4 Å². The Morgan fingerprint density at radius 3 is 2.33 bits per heavy atom. The quantitative estimate of drug-likeness (QED) is 0.769. The number of benzene rings is 1. The zero-order valence-corrected chi connectivity index (χ0v) is 10.1. The lowest BCUT2D eigenvalue weighted by Gasteiger charge is -2.07. The Morgan fingerprint density at radius 2 is 1.78 bits per heavy atom. The van der Waals surface area contributed by atoms with Gasteiger partial charge in [-0.1, -0.05) is 0 Å². The van der Waals surface area contributed by atoms with Crippen LogP contribution in [0.15, 0.2) is 30.5 Å². The lowest BCUT2D eigenvalue weighted by molar-refractivity contribution is 0.111. The maximum absolute atomic E-state index is 10.7. The maximum atomic E-state index is 10.7. The summed E-state index contributed by atoms with van der Waals surface area (Å²) in [5, 5.41) is 0. The molecule has 5 nitrogen and oxygen atoms in total. The molecule has 0 fully saturated rings. The third-order valence-electron chi connectivity index (χ3n) is 2.41. The number of nitrogens with zero attached hydrogens (tertiary/aromatic N) is 2. The van der Waals surface area contributed by atoms with Crippen molar-refractivity contribution < 1.29 is 14.3 Å². The standard InChI is InChI=1S/C13H12N2O3/c1-17-11-5-9(6-12(7-11)18-2)13-14-4-3-10(8-16)15-13/h3-8H,1-2H3. The molecule has 2 rings (SSSR count). The van der Waals surface area contributed by atoms with Gasteiger partial charge in [-0.2, -0.15) is 0 Å². The summed E-state index contributed by atoms with van der Waals surface area (Å²) >= 11 is 0. The van der Waals surface area contributed by atoms with Crippen molar-refractivity contribution in [2.24, 2.45) is 0 Å². The van der Waals surface area contributed by atoms with E-state index in [0.29, 0.717) is 29.3 Å². The van der Waals surface area contributed by atoms with E-state index in [-0.39, 0.29) is 0 Å². The minimum absolute atomic E-state index is 0.335. The molecular formula is C13H12N2O3. The predicted molar refractivity (Wildman–Crippen MR) is 66.0 cm³/mol. The van der Waals surface area contributed by atoms with Gasteiger partial charge in [0.25, 0.3) is 0 Å². The summed E-state index contributed by atoms with van der Waals surface area (Å²) in [5.41, 5.74) is 1.07. The van der Waals surface area contributed by atoms with Gasteiger partial charge in [0.15, 0.2) is 12.1 Å². The summed E-state index contributed by atoms with van der Waals surface area (Å²) in [4.78, 5) is 18.9. The van der Waals surface area contributed by atoms with Gasteiger partial charge in [-0.25, -0.2) is 9.97 Å². The average molecular weight is 244 g/mol. The third kappa shape index (κ3) is 2.45. The van der Waals surface area contributed by atoms with Crippen molar-refractivity contribution in [2.45, 2.75) is 0 Å². The number of carbonyl (C=O) groups is 1. The molecule has 0 atom stereocenters. The van der Waals surface area contributed by atoms with Crippen molar-refractivity contribution in [3.8, 4) is 22.9 Å². The highest BCUT2D eigenvalue weighted by Crippen LogP contribution is 2.27. The zero-order chi connectivity index (χ0) is 13.0. The number of ether oxygens (including phenoxy) is 2. The van der Waals surface area contributed by atoms with Crippen LogP contribution in [0.4, 0.5) is 0 Å². The number of hydrogen-bond acceptors (Lipinski definition) is 5. The van der Waals surface area contributed by atoms with Crippen molar-refractivity contribution >= 4 is 6.29 Å². The summed E-state index contributed by atoms with van der Waals surface area (Å²) in [7, 11) is 3.14. The SMILES string of the molecule is COc1cc(OC)cc(-c2nccc(C=O)n2)c1. The fraction of sp³-hybridized carbons (Fsp3) is 0.154. The first kappa shape index (κ1) is 12.0. The van der Waals surface area contributed by atoms with Gasteiger partial charge in [-0.15, -0.1) is 0 Å². The van der Waals surface area contributed by atoms with Crippen LogP contribution in [0.5, 0.6) is 11.5 Å². The summed E-state index contributed by atoms with van der Waals surface area (Å²) < 4.78 is 10.3. The van der Waals surface area contributed by atoms with Gasteiger partial charge in [0.1, 0.15) is 17.2 Å². The Morgan fingerprint density at radius 1 is 1.11 bits per heavy atom. The van der Waals surface area contributed by atoms with Crippen LogP contribution in [0.2, 0.25) is 0 Å². The first-order valence-electron chi connectivity index (χ1n) is 5.28. The fourth-order valence-corrected chi connectivity index (χ4v) is 1.51. The van der Waals surface area contributed by atoms with Crippen molar-refractivity contribution in [3.05, 3.63) is 36.2 Å². The second-order valence-electron chi connectivity index (χ2n) is 3.52. The predicted octanol–water partition coefficient (Wildman–Crippen LogP) is 1.97. The molecule has 0 saturated carbocycles. The van der Waals surface area contributed by atoms with Crippen LogP contribution >= 0.6 is 0 Å². The first-order chi connectivity index (χ1) is 8.76. The zero-order valence-electron chi connectivity index (χ0n) is 10.1. The molecule has 0 amide bonds. The fourth-order valence-electron chi connectivity index (χ4n) is 1.51. The van der Waals surface area contributed by atoms with Crippen molar-refractivity contribution in [1.29, 1.82) is 0 Å². The number of hydrogen-bond donors (Lipinski definition) is 0. The molecular weight excluding hydrogens is 232 g/mol. The average Bonchev–Trinajstić information content (AvgIpc) is 2.46. The second kappa shape index (κ2) is 5.27. The van der Waals surface area contributed by atoms with Gasteiger partial charge in [-0.3, -0.25) is 4.79 Å². The largest absolute Gasteiger partial charge is 0.497 e. The van der Waals surface area contributed by atoms with E-state index in [0.717, 1.165) is 5.56 Å². The van der Waals surface area contributed by atoms with Crippen molar-refractivity contribution in [2.75, 3.05) is 14.2 Å². The molecule has 0 radical (unpaired) electrons. The van der Waals surface area contributed by atoms with Crippen LogP contribution in [-0.4, -0.2) is 30.5 Å². The molecule has 0 spiro atoms. The molecule has 0 saturated heterocycles. The summed E-state index contributed by atoms with van der Waals surface area (Å²) in [6, 6.07) is 6.87. The number of rotatable bonds is 4. The molecule has 18 heavy (non-hydrogen) atoms. The van der Waals surface area contributed by atoms with Crippen molar-refractivity contribution in [3.63, 3.8) is 0 Å². The van der Waals surface area contributed by atoms with E-state index in [4.69, 9.17) is 9.47 Å². The Hall–Kier alpha value is -2.43. The molecule has 0 N–H and O–H groups in total. The van der Waals surface area contributed by atoms with E-state index in [9.17, 15) is 4.79 Å². The second-order valence-corrected chi connectivity index (χ2v) is 3.52. The molecule has 0 aliphatic rings. The van der Waals surface area contributed by atoms with E-state index in [1.54, 1.807) is 38.5 Å². The van der Waals surface area contributed by atoms with Crippen LogP contribution < -0.4 is 9.47 Å². The van der Waals surface area contributed by atoms with E-state index >= 15 is 0 Å². The Kier molecular flexibility index (Phi) is 3.52. The van der Waals surface area contributed by atoms with Gasteiger partial charge in [0.2, 0.25) is 0 Å². The van der Waals surface area contributed by atoms with Gasteiger partial charge < -0.3 is 9.47 Å². The van der Waals surface area contributed by atoms with Gasteiger partial charge in [0.05, 0.1) is 14.2 Å². The molecule has 0 unspecified atom stereocenters. The van der Waals surface area contributed by atoms with Crippen LogP contribution in [0.3, 0.4) is 0 Å². The van der Waals surface area contributed by atoms with Gasteiger partial charge in [-0.05, 0) is 18.2 Å². The smallest absolute Gasteiger partial charge is 0.168 e. The molecule has 1 aromatic carbocycles. The highest BCUT2D eigenvalue weighted by molar-refractivity contribution is 5.73. The number of aldehydes is 1. The lowest BCUT2D eigenvalue weighted by atomic mass is 10.2. The molecule has 1 heterocycles. The molecule has 2 aromatic rings. The normalized spacial score (nSPS) is 9.89. The van der Waals surface area contributed by atoms with Gasteiger partial charge in [0, 0.05) is 17.8 Å². The number of carbonyl (C=O) groups excluding carboxylic acids is 1. The highest BCUT2D eigenvalue weighted by atomic mass is 16.5. The number of methoxy groups -OCH3 is 2. The summed E-state index contributed by atoms with van der Waals surface area (Å²) in [5.74, 6) is 1.74. The van der Waals surface area contributed by atoms with Crippen LogP contribution in [0, 0.1) is 0 Å². The summed E-state index contributed by atoms with van der Waals surface area (Å²) in [6.45, 7) is 0. The Balaban J connectivity index is 2.51. The monoisotopic (exact) mass is 244 g/mol. The molecule has 0 aliphatic carbocycles. The Bertz CT molecular complexity index is 548. The topological polar surface area (TPSA) is 61.3 Å². The van der Waals surface area contributed by atoms with E-state index in [1.807, 2.05) is 0 Å². The molecule has 0 bridgehead atoms.